The molecular weight excluding hydrogens is 472 g/mol. The Hall–Kier alpha value is -2.55. The lowest BCUT2D eigenvalue weighted by molar-refractivity contribution is -0.139. The summed E-state index contributed by atoms with van der Waals surface area (Å²) in [5.41, 5.74) is 2.60. The minimum Gasteiger partial charge on any atom is -0.463 e. The molecule has 5 nitrogen and oxygen atoms in total. The van der Waals surface area contributed by atoms with Crippen LogP contribution in [-0.4, -0.2) is 29.7 Å². The molecule has 0 N–H and O–H groups in total. The molecule has 0 saturated heterocycles. The third-order valence-corrected chi connectivity index (χ3v) is 7.83. The zero-order chi connectivity index (χ0) is 23.5. The van der Waals surface area contributed by atoms with Crippen LogP contribution in [0.4, 0.5) is 0 Å². The van der Waals surface area contributed by atoms with Crippen LogP contribution in [0.2, 0.25) is 0 Å². The molecular formula is C25H24N2O3S3. The minimum absolute atomic E-state index is 0.166. The van der Waals surface area contributed by atoms with Crippen molar-refractivity contribution in [2.45, 2.75) is 29.7 Å². The van der Waals surface area contributed by atoms with Crippen LogP contribution in [0.5, 0.6) is 0 Å². The second kappa shape index (κ2) is 10.2. The van der Waals surface area contributed by atoms with Crippen LogP contribution in [0.25, 0.3) is 6.08 Å². The average molecular weight is 497 g/mol. The van der Waals surface area contributed by atoms with Crippen LogP contribution < -0.4 is 14.9 Å². The van der Waals surface area contributed by atoms with E-state index in [4.69, 9.17) is 4.74 Å². The molecule has 1 aliphatic rings. The summed E-state index contributed by atoms with van der Waals surface area (Å²) in [5, 5.41) is 0. The highest BCUT2D eigenvalue weighted by atomic mass is 32.2. The van der Waals surface area contributed by atoms with Crippen LogP contribution in [0.1, 0.15) is 31.0 Å². The second-order valence-electron chi connectivity index (χ2n) is 7.35. The van der Waals surface area contributed by atoms with Gasteiger partial charge in [0.05, 0.1) is 28.5 Å². The molecule has 0 aliphatic carbocycles. The molecule has 1 aromatic heterocycles. The number of carbonyl (C=O) groups is 1. The van der Waals surface area contributed by atoms with E-state index in [0.29, 0.717) is 20.6 Å². The Morgan fingerprint density at radius 2 is 1.70 bits per heavy atom. The van der Waals surface area contributed by atoms with Gasteiger partial charge in [-0.05, 0) is 67.8 Å². The maximum absolute atomic E-state index is 13.6. The summed E-state index contributed by atoms with van der Waals surface area (Å²) in [5.74, 6) is -0.445. The maximum atomic E-state index is 13.6. The number of esters is 1. The summed E-state index contributed by atoms with van der Waals surface area (Å²) in [6, 6.07) is 15.4. The molecule has 2 aromatic carbocycles. The minimum atomic E-state index is -0.586. The van der Waals surface area contributed by atoms with Gasteiger partial charge in [-0.15, -0.1) is 23.5 Å². The molecule has 0 radical (unpaired) electrons. The smallest absolute Gasteiger partial charge is 0.338 e. The van der Waals surface area contributed by atoms with E-state index in [1.807, 2.05) is 67.1 Å². The Morgan fingerprint density at radius 3 is 2.27 bits per heavy atom. The highest BCUT2D eigenvalue weighted by Gasteiger charge is 2.33. The third-order valence-electron chi connectivity index (χ3n) is 5.36. The van der Waals surface area contributed by atoms with E-state index in [2.05, 4.69) is 4.99 Å². The van der Waals surface area contributed by atoms with Crippen molar-refractivity contribution in [1.82, 2.24) is 4.57 Å². The summed E-state index contributed by atoms with van der Waals surface area (Å²) in [6.07, 6.45) is 5.92. The first kappa shape index (κ1) is 23.6. The number of hydrogen-bond donors (Lipinski definition) is 0. The lowest BCUT2D eigenvalue weighted by atomic mass is 9.96. The first-order valence-electron chi connectivity index (χ1n) is 10.4. The summed E-state index contributed by atoms with van der Waals surface area (Å²) >= 11 is 4.65. The Kier molecular flexibility index (Phi) is 7.26. The molecule has 33 heavy (non-hydrogen) atoms. The predicted molar refractivity (Wildman–Crippen MR) is 137 cm³/mol. The van der Waals surface area contributed by atoms with Crippen LogP contribution in [0.15, 0.2) is 79.4 Å². The van der Waals surface area contributed by atoms with Gasteiger partial charge in [0.1, 0.15) is 0 Å². The van der Waals surface area contributed by atoms with Gasteiger partial charge in [0.15, 0.2) is 4.80 Å². The number of allylic oxidation sites excluding steroid dienone is 1. The van der Waals surface area contributed by atoms with Crippen molar-refractivity contribution in [3.05, 3.63) is 90.6 Å². The molecule has 0 bridgehead atoms. The van der Waals surface area contributed by atoms with Gasteiger partial charge < -0.3 is 4.74 Å². The van der Waals surface area contributed by atoms with E-state index in [1.165, 1.54) is 11.3 Å². The van der Waals surface area contributed by atoms with Crippen LogP contribution >= 0.6 is 34.9 Å². The Bertz CT molecular complexity index is 1380. The van der Waals surface area contributed by atoms with Gasteiger partial charge in [0.2, 0.25) is 0 Å². The van der Waals surface area contributed by atoms with Crippen molar-refractivity contribution in [2.24, 2.45) is 4.99 Å². The molecule has 0 amide bonds. The first-order valence-corrected chi connectivity index (χ1v) is 13.7. The fourth-order valence-corrected chi connectivity index (χ4v) is 5.61. The van der Waals surface area contributed by atoms with Crippen molar-refractivity contribution >= 4 is 46.9 Å². The fraction of sp³-hybridized carbons (Fsp3) is 0.240. The van der Waals surface area contributed by atoms with E-state index >= 15 is 0 Å². The number of benzene rings is 2. The van der Waals surface area contributed by atoms with Gasteiger partial charge in [0, 0.05) is 9.79 Å². The van der Waals surface area contributed by atoms with Crippen LogP contribution in [-0.2, 0) is 9.53 Å². The lowest BCUT2D eigenvalue weighted by Gasteiger charge is -2.24. The Morgan fingerprint density at radius 1 is 1.09 bits per heavy atom. The lowest BCUT2D eigenvalue weighted by Crippen LogP contribution is -2.39. The summed E-state index contributed by atoms with van der Waals surface area (Å²) < 4.78 is 7.55. The molecule has 2 heterocycles. The van der Waals surface area contributed by atoms with Gasteiger partial charge in [-0.3, -0.25) is 9.36 Å². The summed E-state index contributed by atoms with van der Waals surface area (Å²) in [4.78, 5) is 34.0. The molecule has 0 spiro atoms. The van der Waals surface area contributed by atoms with Gasteiger partial charge in [-0.2, -0.15) is 0 Å². The third kappa shape index (κ3) is 4.74. The van der Waals surface area contributed by atoms with Crippen molar-refractivity contribution in [1.29, 1.82) is 0 Å². The topological polar surface area (TPSA) is 60.7 Å². The average Bonchev–Trinajstić information content (AvgIpc) is 3.13. The van der Waals surface area contributed by atoms with E-state index < -0.39 is 12.0 Å². The first-order chi connectivity index (χ1) is 16.0. The van der Waals surface area contributed by atoms with E-state index in [1.54, 1.807) is 41.9 Å². The highest BCUT2D eigenvalue weighted by molar-refractivity contribution is 7.98. The molecule has 0 saturated carbocycles. The van der Waals surface area contributed by atoms with Gasteiger partial charge >= 0.3 is 5.97 Å². The number of rotatable bonds is 6. The number of thiazole rings is 1. The molecule has 4 rings (SSSR count). The molecule has 3 aromatic rings. The van der Waals surface area contributed by atoms with Crippen molar-refractivity contribution in [2.75, 3.05) is 19.1 Å². The fourth-order valence-electron chi connectivity index (χ4n) is 3.74. The van der Waals surface area contributed by atoms with Crippen LogP contribution in [0, 0.1) is 0 Å². The van der Waals surface area contributed by atoms with Crippen molar-refractivity contribution in [3.8, 4) is 0 Å². The van der Waals surface area contributed by atoms with Crippen molar-refractivity contribution < 1.29 is 9.53 Å². The van der Waals surface area contributed by atoms with Crippen molar-refractivity contribution in [3.63, 3.8) is 0 Å². The number of thioether (sulfide) groups is 2. The molecule has 8 heteroatoms. The normalized spacial score (nSPS) is 15.9. The second-order valence-corrected chi connectivity index (χ2v) is 10.1. The molecule has 1 aliphatic heterocycles. The SMILES string of the molecule is CCOC(=O)C1=C(C)N=c2s/c(=C/c3ccc(SC)cc3)c(=O)n2[C@@H]1c1ccc(SC)cc1. The zero-order valence-electron chi connectivity index (χ0n) is 18.8. The van der Waals surface area contributed by atoms with E-state index in [9.17, 15) is 9.59 Å². The number of hydrogen-bond acceptors (Lipinski definition) is 7. The number of ether oxygens (including phenoxy) is 1. The van der Waals surface area contributed by atoms with E-state index in [0.717, 1.165) is 20.9 Å². The summed E-state index contributed by atoms with van der Waals surface area (Å²) in [6.45, 7) is 3.82. The van der Waals surface area contributed by atoms with Gasteiger partial charge in [-0.1, -0.05) is 35.6 Å². The maximum Gasteiger partial charge on any atom is 0.338 e. The number of nitrogens with zero attached hydrogens (tertiary/aromatic N) is 2. The number of aromatic nitrogens is 1. The quantitative estimate of drug-likeness (QED) is 0.377. The molecule has 170 valence electrons. The predicted octanol–water partition coefficient (Wildman–Crippen LogP) is 4.24. The highest BCUT2D eigenvalue weighted by Crippen LogP contribution is 2.31. The number of carbonyl (C=O) groups excluding carboxylic acids is 1. The molecule has 0 unspecified atom stereocenters. The molecule has 1 atom stereocenters. The molecule has 0 fully saturated rings. The van der Waals surface area contributed by atoms with Crippen LogP contribution in [0.3, 0.4) is 0 Å². The zero-order valence-corrected chi connectivity index (χ0v) is 21.3. The Labute approximate surface area is 204 Å². The summed E-state index contributed by atoms with van der Waals surface area (Å²) in [7, 11) is 0. The number of fused-ring (bicyclic) bond motifs is 1. The van der Waals surface area contributed by atoms with Gasteiger partial charge in [-0.25, -0.2) is 9.79 Å². The monoisotopic (exact) mass is 496 g/mol. The van der Waals surface area contributed by atoms with Gasteiger partial charge in [0.25, 0.3) is 5.56 Å². The largest absolute Gasteiger partial charge is 0.463 e. The van der Waals surface area contributed by atoms with E-state index in [-0.39, 0.29) is 12.2 Å². The standard InChI is InChI=1S/C25H24N2O3S3/c1-5-30-24(29)21-15(2)26-25-27(22(21)17-8-12-19(32-4)13-9-17)23(28)20(33-25)14-16-6-10-18(31-3)11-7-16/h6-14,22H,5H2,1-4H3/b20-14+/t22-/m1/s1. The Balaban J connectivity index is 1.90.